The molecule has 0 amide bonds. The second-order valence-electron chi connectivity index (χ2n) is 7.60. The molecule has 1 aliphatic carbocycles. The van der Waals surface area contributed by atoms with Gasteiger partial charge in [-0.05, 0) is 54.6 Å². The van der Waals surface area contributed by atoms with Crippen LogP contribution in [0.1, 0.15) is 28.2 Å². The van der Waals surface area contributed by atoms with Crippen molar-refractivity contribution in [2.75, 3.05) is 27.2 Å². The first-order chi connectivity index (χ1) is 14.2. The fraction of sp³-hybridized carbons (Fsp3) is 0.231. The summed E-state index contributed by atoms with van der Waals surface area (Å²) < 4.78 is 12.1. The number of hydrogen-bond donors (Lipinski definition) is 0. The van der Waals surface area contributed by atoms with Gasteiger partial charge in [0.05, 0.1) is 5.92 Å². The van der Waals surface area contributed by atoms with Crippen molar-refractivity contribution in [3.05, 3.63) is 107 Å². The zero-order valence-electron chi connectivity index (χ0n) is 17.0. The summed E-state index contributed by atoms with van der Waals surface area (Å²) in [6.45, 7) is 2.16. The molecule has 4 rings (SSSR count). The predicted octanol–water partition coefficient (Wildman–Crippen LogP) is 5.33. The molecular formula is C26H27NO2. The van der Waals surface area contributed by atoms with Crippen LogP contribution >= 0.6 is 0 Å². The van der Waals surface area contributed by atoms with E-state index in [0.29, 0.717) is 13.2 Å². The Bertz CT molecular complexity index is 962. The summed E-state index contributed by atoms with van der Waals surface area (Å²) in [5, 5.41) is 0. The van der Waals surface area contributed by atoms with Gasteiger partial charge in [0, 0.05) is 6.54 Å². The maximum atomic E-state index is 6.28. The molecule has 0 saturated carbocycles. The third kappa shape index (κ3) is 4.69. The summed E-state index contributed by atoms with van der Waals surface area (Å²) in [5.74, 6) is 2.01. The van der Waals surface area contributed by atoms with E-state index in [0.717, 1.165) is 18.1 Å². The average Bonchev–Trinajstić information content (AvgIpc) is 3.12. The Morgan fingerprint density at radius 3 is 2.28 bits per heavy atom. The number of likely N-dealkylation sites (N-methyl/N-ethyl adjacent to an activating group) is 1. The van der Waals surface area contributed by atoms with E-state index in [1.54, 1.807) is 0 Å². The van der Waals surface area contributed by atoms with E-state index in [4.69, 9.17) is 9.47 Å². The van der Waals surface area contributed by atoms with Gasteiger partial charge < -0.3 is 14.4 Å². The van der Waals surface area contributed by atoms with Crippen molar-refractivity contribution in [2.24, 2.45) is 0 Å². The van der Waals surface area contributed by atoms with Crippen LogP contribution in [0, 0.1) is 0 Å². The van der Waals surface area contributed by atoms with Gasteiger partial charge in [0.1, 0.15) is 24.7 Å². The molecule has 3 aromatic rings. The van der Waals surface area contributed by atoms with Crippen LogP contribution < -0.4 is 4.74 Å². The minimum Gasteiger partial charge on any atom is -0.492 e. The molecule has 1 aliphatic rings. The van der Waals surface area contributed by atoms with Gasteiger partial charge in [-0.1, -0.05) is 66.7 Å². The van der Waals surface area contributed by atoms with Crippen molar-refractivity contribution in [3.8, 4) is 5.75 Å². The van der Waals surface area contributed by atoms with Crippen molar-refractivity contribution in [1.29, 1.82) is 0 Å². The lowest BCUT2D eigenvalue weighted by Gasteiger charge is -2.19. The van der Waals surface area contributed by atoms with Gasteiger partial charge in [-0.2, -0.15) is 0 Å². The molecule has 0 spiro atoms. The van der Waals surface area contributed by atoms with Crippen molar-refractivity contribution in [3.63, 3.8) is 0 Å². The second-order valence-corrected chi connectivity index (χ2v) is 7.60. The molecule has 0 heterocycles. The summed E-state index contributed by atoms with van der Waals surface area (Å²) >= 11 is 0. The Labute approximate surface area is 173 Å². The maximum Gasteiger partial charge on any atom is 0.119 e. The number of hydrogen-bond acceptors (Lipinski definition) is 3. The summed E-state index contributed by atoms with van der Waals surface area (Å²) in [5.41, 5.74) is 4.91. The molecule has 148 valence electrons. The molecule has 3 aromatic carbocycles. The number of allylic oxidation sites excluding steroid dienone is 1. The molecule has 0 aliphatic heterocycles. The number of rotatable bonds is 8. The van der Waals surface area contributed by atoms with Gasteiger partial charge in [-0.3, -0.25) is 0 Å². The number of ether oxygens (including phenoxy) is 2. The molecule has 0 saturated heterocycles. The zero-order chi connectivity index (χ0) is 20.1. The second kappa shape index (κ2) is 8.97. The molecule has 0 bridgehead atoms. The molecule has 0 aromatic heterocycles. The summed E-state index contributed by atoms with van der Waals surface area (Å²) in [6, 6.07) is 27.2. The van der Waals surface area contributed by atoms with Crippen molar-refractivity contribution < 1.29 is 9.47 Å². The fourth-order valence-corrected chi connectivity index (χ4v) is 3.61. The van der Waals surface area contributed by atoms with Crippen LogP contribution in [0.5, 0.6) is 5.75 Å². The lowest BCUT2D eigenvalue weighted by molar-refractivity contribution is 0.191. The molecule has 0 radical (unpaired) electrons. The number of nitrogens with zero attached hydrogens (tertiary/aromatic N) is 1. The average molecular weight is 386 g/mol. The summed E-state index contributed by atoms with van der Waals surface area (Å²) in [6.07, 6.45) is 2.17. The lowest BCUT2D eigenvalue weighted by Crippen LogP contribution is -2.19. The third-order valence-corrected chi connectivity index (χ3v) is 5.16. The van der Waals surface area contributed by atoms with Crippen LogP contribution in [-0.4, -0.2) is 32.1 Å². The van der Waals surface area contributed by atoms with Gasteiger partial charge >= 0.3 is 0 Å². The molecule has 0 N–H and O–H groups in total. The van der Waals surface area contributed by atoms with Crippen LogP contribution in [0.2, 0.25) is 0 Å². The smallest absolute Gasteiger partial charge is 0.119 e. The van der Waals surface area contributed by atoms with Crippen LogP contribution in [-0.2, 0) is 11.3 Å². The minimum atomic E-state index is 0.116. The molecule has 1 unspecified atom stereocenters. The Morgan fingerprint density at radius 1 is 0.793 bits per heavy atom. The Balaban J connectivity index is 1.52. The monoisotopic (exact) mass is 385 g/mol. The standard InChI is InChI=1S/C26H27NO2/c1-27(2)16-17-28-23-14-12-21(13-15-23)26-24-11-7-6-10-22(24)18-25(26)29-19-20-8-4-3-5-9-20/h3-15,18,26H,16-17,19H2,1-2H3. The largest absolute Gasteiger partial charge is 0.492 e. The molecule has 1 atom stereocenters. The Hall–Kier alpha value is -3.04. The van der Waals surface area contributed by atoms with E-state index in [1.165, 1.54) is 22.3 Å². The third-order valence-electron chi connectivity index (χ3n) is 5.16. The summed E-state index contributed by atoms with van der Waals surface area (Å²) in [7, 11) is 4.10. The van der Waals surface area contributed by atoms with Crippen molar-refractivity contribution in [1.82, 2.24) is 4.90 Å². The van der Waals surface area contributed by atoms with Gasteiger partial charge in [-0.15, -0.1) is 0 Å². The predicted molar refractivity (Wildman–Crippen MR) is 118 cm³/mol. The first-order valence-electron chi connectivity index (χ1n) is 10.1. The highest BCUT2D eigenvalue weighted by atomic mass is 16.5. The Kier molecular flexibility index (Phi) is 5.97. The minimum absolute atomic E-state index is 0.116. The first-order valence-corrected chi connectivity index (χ1v) is 10.1. The SMILES string of the molecule is CN(C)CCOc1ccc(C2C(OCc3ccccc3)=Cc3ccccc32)cc1. The topological polar surface area (TPSA) is 21.7 Å². The number of fused-ring (bicyclic) bond motifs is 1. The van der Waals surface area contributed by atoms with Gasteiger partial charge in [0.2, 0.25) is 0 Å². The van der Waals surface area contributed by atoms with Crippen LogP contribution in [0.3, 0.4) is 0 Å². The molecule has 3 nitrogen and oxygen atoms in total. The van der Waals surface area contributed by atoms with Gasteiger partial charge in [0.25, 0.3) is 0 Å². The lowest BCUT2D eigenvalue weighted by atomic mass is 9.92. The fourth-order valence-electron chi connectivity index (χ4n) is 3.61. The zero-order valence-corrected chi connectivity index (χ0v) is 17.0. The van der Waals surface area contributed by atoms with Crippen LogP contribution in [0.25, 0.3) is 6.08 Å². The molecule has 0 fully saturated rings. The van der Waals surface area contributed by atoms with E-state index in [-0.39, 0.29) is 5.92 Å². The summed E-state index contributed by atoms with van der Waals surface area (Å²) in [4.78, 5) is 2.12. The van der Waals surface area contributed by atoms with Crippen molar-refractivity contribution in [2.45, 2.75) is 12.5 Å². The maximum absolute atomic E-state index is 6.28. The van der Waals surface area contributed by atoms with E-state index in [2.05, 4.69) is 71.6 Å². The van der Waals surface area contributed by atoms with Crippen LogP contribution in [0.4, 0.5) is 0 Å². The van der Waals surface area contributed by atoms with E-state index < -0.39 is 0 Å². The van der Waals surface area contributed by atoms with Gasteiger partial charge in [-0.25, -0.2) is 0 Å². The van der Waals surface area contributed by atoms with E-state index in [1.807, 2.05) is 32.3 Å². The Morgan fingerprint density at radius 2 is 1.52 bits per heavy atom. The molecule has 3 heteroatoms. The normalized spacial score (nSPS) is 15.1. The quantitative estimate of drug-likeness (QED) is 0.523. The number of benzene rings is 3. The van der Waals surface area contributed by atoms with Crippen molar-refractivity contribution >= 4 is 6.08 Å². The van der Waals surface area contributed by atoms with Crippen LogP contribution in [0.15, 0.2) is 84.6 Å². The highest BCUT2D eigenvalue weighted by molar-refractivity contribution is 5.67. The van der Waals surface area contributed by atoms with E-state index >= 15 is 0 Å². The highest BCUT2D eigenvalue weighted by Crippen LogP contribution is 2.42. The molecular weight excluding hydrogens is 358 g/mol. The molecule has 29 heavy (non-hydrogen) atoms. The van der Waals surface area contributed by atoms with E-state index in [9.17, 15) is 0 Å². The highest BCUT2D eigenvalue weighted by Gasteiger charge is 2.28. The first kappa shape index (κ1) is 19.3. The van der Waals surface area contributed by atoms with Gasteiger partial charge in [0.15, 0.2) is 0 Å².